The van der Waals surface area contributed by atoms with E-state index < -0.39 is 6.01 Å². The first kappa shape index (κ1) is 21.5. The van der Waals surface area contributed by atoms with E-state index >= 15 is 0 Å². The molecule has 0 spiro atoms. The first-order valence-corrected chi connectivity index (χ1v) is 10.7. The Hall–Kier alpha value is -4.32. The van der Waals surface area contributed by atoms with Crippen LogP contribution in [0.2, 0.25) is 0 Å². The van der Waals surface area contributed by atoms with Crippen molar-refractivity contribution in [2.45, 2.75) is 18.9 Å². The molecule has 0 unspecified atom stereocenters. The molecule has 3 aromatic rings. The lowest BCUT2D eigenvalue weighted by Crippen LogP contribution is -2.25. The quantitative estimate of drug-likeness (QED) is 0.524. The monoisotopic (exact) mass is 461 g/mol. The van der Waals surface area contributed by atoms with Crippen LogP contribution in [0, 0.1) is 0 Å². The maximum atomic E-state index is 10.4. The molecule has 0 atom stereocenters. The fourth-order valence-corrected chi connectivity index (χ4v) is 3.85. The van der Waals surface area contributed by atoms with E-state index in [1.54, 1.807) is 29.6 Å². The molecule has 1 fully saturated rings. The maximum absolute atomic E-state index is 10.4. The topological polar surface area (TPSA) is 161 Å². The number of fused-ring (bicyclic) bond motifs is 1. The van der Waals surface area contributed by atoms with Gasteiger partial charge in [0.25, 0.3) is 0 Å². The van der Waals surface area contributed by atoms with Crippen molar-refractivity contribution in [2.75, 3.05) is 24.7 Å². The van der Waals surface area contributed by atoms with Crippen LogP contribution in [0.5, 0.6) is 11.9 Å². The summed E-state index contributed by atoms with van der Waals surface area (Å²) in [6.45, 7) is 5.48. The van der Waals surface area contributed by atoms with E-state index in [0.717, 1.165) is 12.8 Å². The van der Waals surface area contributed by atoms with Gasteiger partial charge in [0.2, 0.25) is 11.8 Å². The van der Waals surface area contributed by atoms with E-state index in [-0.39, 0.29) is 17.5 Å². The van der Waals surface area contributed by atoms with E-state index in [9.17, 15) is 10.2 Å². The van der Waals surface area contributed by atoms with E-state index in [2.05, 4.69) is 31.5 Å². The van der Waals surface area contributed by atoms with Gasteiger partial charge in [-0.3, -0.25) is 4.90 Å². The van der Waals surface area contributed by atoms with Crippen LogP contribution in [-0.4, -0.2) is 65.8 Å². The van der Waals surface area contributed by atoms with Crippen LogP contribution in [0.15, 0.2) is 53.6 Å². The summed E-state index contributed by atoms with van der Waals surface area (Å²) >= 11 is 0. The van der Waals surface area contributed by atoms with Crippen molar-refractivity contribution in [3.05, 3.63) is 48.6 Å². The van der Waals surface area contributed by atoms with Gasteiger partial charge >= 0.3 is 6.01 Å². The van der Waals surface area contributed by atoms with Crippen LogP contribution in [0.3, 0.4) is 0 Å². The number of aromatic nitrogens is 6. The van der Waals surface area contributed by atoms with Gasteiger partial charge in [-0.2, -0.15) is 9.97 Å². The number of aliphatic imine (C=N–C) groups is 1. The molecule has 2 aliphatic heterocycles. The van der Waals surface area contributed by atoms with Crippen LogP contribution < -0.4 is 10.6 Å². The summed E-state index contributed by atoms with van der Waals surface area (Å²) in [5, 5.41) is 19.9. The second kappa shape index (κ2) is 8.90. The fraction of sp³-hybridized carbons (Fsp3) is 0.273. The Balaban J connectivity index is 1.65. The standard InChI is InChI=1S/C22H23N9O3/c1-13-2-3-14(23)4-7-30(12-26-13)21-24-11-17-19(28-21)31(15-5-8-34-9-6-15)18(27-17)16-10-25-22(33)29-20(16)32/h2-4,10-12,15H,1,5-9,23H2,(H2,25,29,32,33)/b3-2-,14-4+,26-12-. The van der Waals surface area contributed by atoms with Gasteiger partial charge < -0.3 is 25.3 Å². The van der Waals surface area contributed by atoms with Gasteiger partial charge in [0.1, 0.15) is 11.3 Å². The number of rotatable bonds is 3. The third-order valence-corrected chi connectivity index (χ3v) is 5.58. The van der Waals surface area contributed by atoms with Crippen LogP contribution in [-0.2, 0) is 4.74 Å². The molecule has 3 aromatic heterocycles. The lowest BCUT2D eigenvalue weighted by molar-refractivity contribution is 0.0708. The first-order valence-electron chi connectivity index (χ1n) is 10.7. The molecule has 34 heavy (non-hydrogen) atoms. The second-order valence-electron chi connectivity index (χ2n) is 7.86. The summed E-state index contributed by atoms with van der Waals surface area (Å²) in [6.07, 6.45) is 11.4. The number of hydrogen-bond donors (Lipinski definition) is 3. The molecule has 4 N–H and O–H groups in total. The Kier molecular flexibility index (Phi) is 5.64. The number of anilines is 1. The van der Waals surface area contributed by atoms with Crippen molar-refractivity contribution in [3.8, 4) is 23.3 Å². The van der Waals surface area contributed by atoms with E-state index in [4.69, 9.17) is 15.5 Å². The Labute approximate surface area is 194 Å². The minimum atomic E-state index is -0.521. The van der Waals surface area contributed by atoms with Crippen LogP contribution in [0.1, 0.15) is 18.9 Å². The minimum absolute atomic E-state index is 0.0217. The number of nitrogens with zero attached hydrogens (tertiary/aromatic N) is 8. The largest absolute Gasteiger partial charge is 0.493 e. The van der Waals surface area contributed by atoms with Crippen molar-refractivity contribution in [2.24, 2.45) is 10.7 Å². The van der Waals surface area contributed by atoms with Crippen molar-refractivity contribution in [1.82, 2.24) is 29.5 Å². The number of ether oxygens (including phenoxy) is 1. The number of aromatic hydroxyl groups is 2. The number of hydrogen-bond acceptors (Lipinski definition) is 11. The average Bonchev–Trinajstić information content (AvgIpc) is 3.24. The van der Waals surface area contributed by atoms with E-state index in [1.165, 1.54) is 6.20 Å². The molecule has 12 heteroatoms. The molecule has 0 bridgehead atoms. The summed E-state index contributed by atoms with van der Waals surface area (Å²) in [5.74, 6) is 0.467. The van der Waals surface area contributed by atoms with E-state index in [0.29, 0.717) is 54.1 Å². The number of allylic oxidation sites excluding steroid dienone is 2. The number of imidazole rings is 1. The zero-order chi connectivity index (χ0) is 23.7. The Morgan fingerprint density at radius 2 is 1.88 bits per heavy atom. The molecular weight excluding hydrogens is 438 g/mol. The maximum Gasteiger partial charge on any atom is 0.317 e. The summed E-state index contributed by atoms with van der Waals surface area (Å²) in [6, 6.07) is -0.499. The summed E-state index contributed by atoms with van der Waals surface area (Å²) in [7, 11) is 0. The van der Waals surface area contributed by atoms with Gasteiger partial charge in [-0.15, -0.1) is 0 Å². The molecule has 1 saturated heterocycles. The molecule has 0 radical (unpaired) electrons. The minimum Gasteiger partial charge on any atom is -0.493 e. The fourth-order valence-electron chi connectivity index (χ4n) is 3.85. The van der Waals surface area contributed by atoms with Crippen LogP contribution in [0.4, 0.5) is 5.95 Å². The predicted molar refractivity (Wildman–Crippen MR) is 125 cm³/mol. The predicted octanol–water partition coefficient (Wildman–Crippen LogP) is 1.81. The zero-order valence-corrected chi connectivity index (χ0v) is 18.2. The zero-order valence-electron chi connectivity index (χ0n) is 18.2. The van der Waals surface area contributed by atoms with Gasteiger partial charge in [0.05, 0.1) is 23.8 Å². The molecule has 174 valence electrons. The molecule has 5 heterocycles. The van der Waals surface area contributed by atoms with Gasteiger partial charge in [-0.25, -0.2) is 19.9 Å². The molecule has 0 aromatic carbocycles. The molecular formula is C22H23N9O3. The van der Waals surface area contributed by atoms with Gasteiger partial charge in [0.15, 0.2) is 5.65 Å². The molecule has 0 aliphatic carbocycles. The summed E-state index contributed by atoms with van der Waals surface area (Å²) < 4.78 is 7.49. The highest BCUT2D eigenvalue weighted by atomic mass is 16.5. The third kappa shape index (κ3) is 4.18. The Bertz CT molecular complexity index is 1330. The summed E-state index contributed by atoms with van der Waals surface area (Å²) in [5.41, 5.74) is 8.54. The third-order valence-electron chi connectivity index (χ3n) is 5.58. The average molecular weight is 461 g/mol. The molecule has 0 saturated carbocycles. The smallest absolute Gasteiger partial charge is 0.317 e. The van der Waals surface area contributed by atoms with Crippen molar-refractivity contribution >= 4 is 23.5 Å². The molecule has 2 aliphatic rings. The number of nitrogens with two attached hydrogens (primary N) is 1. The first-order chi connectivity index (χ1) is 16.5. The lowest BCUT2D eigenvalue weighted by Gasteiger charge is -2.25. The Morgan fingerprint density at radius 1 is 1.06 bits per heavy atom. The Morgan fingerprint density at radius 3 is 2.68 bits per heavy atom. The highest BCUT2D eigenvalue weighted by Gasteiger charge is 2.26. The van der Waals surface area contributed by atoms with Gasteiger partial charge in [0, 0.05) is 37.7 Å². The normalized spacial score (nSPS) is 20.9. The molecule has 5 rings (SSSR count). The van der Waals surface area contributed by atoms with Crippen molar-refractivity contribution < 1.29 is 14.9 Å². The van der Waals surface area contributed by atoms with Gasteiger partial charge in [-0.05, 0) is 31.1 Å². The molecule has 0 amide bonds. The highest BCUT2D eigenvalue weighted by Crippen LogP contribution is 2.35. The van der Waals surface area contributed by atoms with Crippen LogP contribution >= 0.6 is 0 Å². The lowest BCUT2D eigenvalue weighted by atomic mass is 10.1. The second-order valence-corrected chi connectivity index (χ2v) is 7.86. The van der Waals surface area contributed by atoms with Gasteiger partial charge in [-0.1, -0.05) is 6.58 Å². The van der Waals surface area contributed by atoms with Crippen molar-refractivity contribution in [3.63, 3.8) is 0 Å². The van der Waals surface area contributed by atoms with Crippen LogP contribution in [0.25, 0.3) is 22.6 Å². The summed E-state index contributed by atoms with van der Waals surface area (Å²) in [4.78, 5) is 27.6. The van der Waals surface area contributed by atoms with Crippen molar-refractivity contribution in [1.29, 1.82) is 0 Å². The SMILES string of the molecule is C=C1/C=C\C(N)=C/CN(c2ncc3nc(-c4cnc(O)nc4O)n(C4CCOCC4)c3n2)/C=N\1. The highest BCUT2D eigenvalue weighted by molar-refractivity contribution is 5.82. The van der Waals surface area contributed by atoms with E-state index in [1.807, 2.05) is 10.6 Å². The molecule has 12 nitrogen and oxygen atoms in total.